The molecule has 0 N–H and O–H groups in total. The summed E-state index contributed by atoms with van der Waals surface area (Å²) in [4.78, 5) is 5.62. The highest BCUT2D eigenvalue weighted by molar-refractivity contribution is 6.62. The van der Waals surface area contributed by atoms with Crippen molar-refractivity contribution in [1.82, 2.24) is 5.06 Å². The summed E-state index contributed by atoms with van der Waals surface area (Å²) in [5.74, 6) is 0. The second-order valence-corrected chi connectivity index (χ2v) is 10.5. The quantitative estimate of drug-likeness (QED) is 0.499. The van der Waals surface area contributed by atoms with Crippen molar-refractivity contribution in [1.29, 1.82) is 0 Å². The van der Waals surface area contributed by atoms with E-state index in [1.54, 1.807) is 7.11 Å². The summed E-state index contributed by atoms with van der Waals surface area (Å²) in [7, 11) is -1.17. The molecule has 0 aliphatic carbocycles. The molecule has 156 valence electrons. The highest BCUT2D eigenvalue weighted by atomic mass is 28.4. The maximum absolute atomic E-state index is 6.71. The molecular formula is C19H41NO5Si. The van der Waals surface area contributed by atoms with Gasteiger partial charge in [0.2, 0.25) is 0 Å². The molecule has 0 saturated carbocycles. The SMILES string of the molecule is CCO[Si](OCC)(OCC)C(CC)OC1CCN(OC)C(C)(C)C1(C)C. The first kappa shape index (κ1) is 24.0. The molecule has 26 heavy (non-hydrogen) atoms. The van der Waals surface area contributed by atoms with Crippen LogP contribution in [0, 0.1) is 5.41 Å². The Morgan fingerprint density at radius 2 is 1.46 bits per heavy atom. The van der Waals surface area contributed by atoms with Crippen molar-refractivity contribution < 1.29 is 22.9 Å². The van der Waals surface area contributed by atoms with Crippen LogP contribution in [0.2, 0.25) is 0 Å². The molecular weight excluding hydrogens is 350 g/mol. The minimum absolute atomic E-state index is 0.0714. The van der Waals surface area contributed by atoms with E-state index in [2.05, 4.69) is 39.7 Å². The minimum Gasteiger partial charge on any atom is -0.372 e. The summed E-state index contributed by atoms with van der Waals surface area (Å²) in [6.07, 6.45) is 1.77. The molecule has 0 amide bonds. The largest absolute Gasteiger partial charge is 0.531 e. The molecule has 1 heterocycles. The Morgan fingerprint density at radius 3 is 1.85 bits per heavy atom. The molecule has 0 aromatic rings. The molecule has 7 heteroatoms. The van der Waals surface area contributed by atoms with E-state index in [0.717, 1.165) is 19.4 Å². The number of hydroxylamine groups is 2. The van der Waals surface area contributed by atoms with Crippen molar-refractivity contribution in [2.45, 2.75) is 85.6 Å². The molecule has 6 nitrogen and oxygen atoms in total. The standard InChI is InChI=1S/C19H41NO5Si/c1-10-17(26(22-11-2,23-12-3)24-13-4)25-16-14-15-20(21-9)19(7,8)18(16,5)6/h16-17H,10-15H2,1-9H3. The van der Waals surface area contributed by atoms with Gasteiger partial charge < -0.3 is 22.9 Å². The van der Waals surface area contributed by atoms with E-state index in [-0.39, 0.29) is 22.8 Å². The summed E-state index contributed by atoms with van der Waals surface area (Å²) in [5, 5.41) is 2.06. The zero-order valence-electron chi connectivity index (χ0n) is 18.4. The molecule has 1 fully saturated rings. The Labute approximate surface area is 161 Å². The molecule has 0 aromatic heterocycles. The monoisotopic (exact) mass is 391 g/mol. The zero-order chi connectivity index (χ0) is 20.0. The third-order valence-electron chi connectivity index (χ3n) is 5.95. The van der Waals surface area contributed by atoms with E-state index in [1.807, 2.05) is 20.8 Å². The Hall–Kier alpha value is -0.0231. The van der Waals surface area contributed by atoms with Crippen LogP contribution in [0.25, 0.3) is 0 Å². The lowest BCUT2D eigenvalue weighted by Gasteiger charge is -2.56. The molecule has 0 aromatic carbocycles. The third-order valence-corrected chi connectivity index (χ3v) is 9.36. The topological polar surface area (TPSA) is 49.4 Å². The Kier molecular flexibility index (Phi) is 9.20. The number of piperidine rings is 1. The second-order valence-electron chi connectivity index (χ2n) is 7.78. The van der Waals surface area contributed by atoms with Crippen LogP contribution in [-0.4, -0.2) is 64.7 Å². The molecule has 0 radical (unpaired) electrons. The van der Waals surface area contributed by atoms with Crippen LogP contribution in [0.15, 0.2) is 0 Å². The highest BCUT2D eigenvalue weighted by Gasteiger charge is 2.56. The van der Waals surface area contributed by atoms with Crippen LogP contribution >= 0.6 is 0 Å². The van der Waals surface area contributed by atoms with E-state index in [1.165, 1.54) is 0 Å². The number of hydrogen-bond acceptors (Lipinski definition) is 6. The molecule has 2 atom stereocenters. The molecule has 1 aliphatic rings. The molecule has 1 saturated heterocycles. The zero-order valence-corrected chi connectivity index (χ0v) is 19.4. The molecule has 0 spiro atoms. The van der Waals surface area contributed by atoms with Crippen molar-refractivity contribution in [3.05, 3.63) is 0 Å². The summed E-state index contributed by atoms with van der Waals surface area (Å²) in [6.45, 7) is 19.5. The van der Waals surface area contributed by atoms with Gasteiger partial charge in [-0.2, -0.15) is 5.06 Å². The fourth-order valence-electron chi connectivity index (χ4n) is 3.78. The summed E-state index contributed by atoms with van der Waals surface area (Å²) in [5.41, 5.74) is -0.438. The lowest BCUT2D eigenvalue weighted by Crippen LogP contribution is -2.65. The van der Waals surface area contributed by atoms with Gasteiger partial charge in [0, 0.05) is 37.3 Å². The summed E-state index contributed by atoms with van der Waals surface area (Å²) >= 11 is 0. The average Bonchev–Trinajstić information content (AvgIpc) is 2.57. The van der Waals surface area contributed by atoms with E-state index in [9.17, 15) is 0 Å². The minimum atomic E-state index is -2.91. The fourth-order valence-corrected chi connectivity index (χ4v) is 6.63. The van der Waals surface area contributed by atoms with Gasteiger partial charge in [0.25, 0.3) is 0 Å². The first-order valence-corrected chi connectivity index (χ1v) is 11.9. The van der Waals surface area contributed by atoms with E-state index in [0.29, 0.717) is 19.8 Å². The van der Waals surface area contributed by atoms with Crippen LogP contribution in [0.5, 0.6) is 0 Å². The predicted octanol–water partition coefficient (Wildman–Crippen LogP) is 3.81. The molecule has 2 unspecified atom stereocenters. The Morgan fingerprint density at radius 1 is 0.962 bits per heavy atom. The smallest absolute Gasteiger partial charge is 0.372 e. The Balaban J connectivity index is 3.10. The lowest BCUT2D eigenvalue weighted by molar-refractivity contribution is -0.272. The van der Waals surface area contributed by atoms with Gasteiger partial charge in [-0.05, 0) is 47.5 Å². The van der Waals surface area contributed by atoms with Crippen LogP contribution in [0.4, 0.5) is 0 Å². The van der Waals surface area contributed by atoms with Crippen LogP contribution in [-0.2, 0) is 22.9 Å². The first-order chi connectivity index (χ1) is 12.2. The summed E-state index contributed by atoms with van der Waals surface area (Å²) < 4.78 is 25.0. The molecule has 0 bridgehead atoms. The van der Waals surface area contributed by atoms with Gasteiger partial charge >= 0.3 is 8.80 Å². The van der Waals surface area contributed by atoms with E-state index < -0.39 is 8.80 Å². The summed E-state index contributed by atoms with van der Waals surface area (Å²) in [6, 6.07) is 0. The predicted molar refractivity (Wildman–Crippen MR) is 106 cm³/mol. The number of nitrogens with zero attached hydrogens (tertiary/aromatic N) is 1. The maximum atomic E-state index is 6.71. The van der Waals surface area contributed by atoms with Crippen molar-refractivity contribution in [3.63, 3.8) is 0 Å². The number of ether oxygens (including phenoxy) is 1. The Bertz CT molecular complexity index is 402. The van der Waals surface area contributed by atoms with Crippen LogP contribution in [0.3, 0.4) is 0 Å². The lowest BCUT2D eigenvalue weighted by atomic mass is 9.67. The van der Waals surface area contributed by atoms with Crippen LogP contribution < -0.4 is 0 Å². The van der Waals surface area contributed by atoms with Crippen molar-refractivity contribution in [3.8, 4) is 0 Å². The average molecular weight is 392 g/mol. The van der Waals surface area contributed by atoms with Gasteiger partial charge in [-0.15, -0.1) is 0 Å². The number of rotatable bonds is 11. The van der Waals surface area contributed by atoms with Gasteiger partial charge in [-0.3, -0.25) is 0 Å². The van der Waals surface area contributed by atoms with Crippen molar-refractivity contribution in [2.75, 3.05) is 33.5 Å². The normalized spacial score (nSPS) is 24.6. The van der Waals surface area contributed by atoms with Gasteiger partial charge in [-0.1, -0.05) is 20.8 Å². The van der Waals surface area contributed by atoms with E-state index >= 15 is 0 Å². The van der Waals surface area contributed by atoms with Crippen molar-refractivity contribution >= 4 is 8.80 Å². The van der Waals surface area contributed by atoms with E-state index in [4.69, 9.17) is 22.9 Å². The fraction of sp³-hybridized carbons (Fsp3) is 1.00. The molecule has 1 aliphatic heterocycles. The third kappa shape index (κ3) is 4.69. The highest BCUT2D eigenvalue weighted by Crippen LogP contribution is 2.46. The van der Waals surface area contributed by atoms with Gasteiger partial charge in [0.15, 0.2) is 0 Å². The first-order valence-electron chi connectivity index (χ1n) is 10.1. The molecule has 1 rings (SSSR count). The van der Waals surface area contributed by atoms with Gasteiger partial charge in [-0.25, -0.2) is 0 Å². The van der Waals surface area contributed by atoms with Gasteiger partial charge in [0.05, 0.1) is 13.2 Å². The van der Waals surface area contributed by atoms with Crippen LogP contribution in [0.1, 0.15) is 68.2 Å². The number of hydrogen-bond donors (Lipinski definition) is 0. The maximum Gasteiger partial charge on any atom is 0.531 e. The van der Waals surface area contributed by atoms with Crippen molar-refractivity contribution in [2.24, 2.45) is 5.41 Å². The second kappa shape index (κ2) is 9.96. The van der Waals surface area contributed by atoms with Gasteiger partial charge in [0.1, 0.15) is 5.73 Å².